The van der Waals surface area contributed by atoms with Crippen LogP contribution in [-0.2, 0) is 19.7 Å². The molecular weight excluding hydrogens is 272 g/mol. The van der Waals surface area contributed by atoms with E-state index in [2.05, 4.69) is 0 Å². The minimum atomic E-state index is -3.49. The van der Waals surface area contributed by atoms with Gasteiger partial charge in [0.2, 0.25) is 0 Å². The quantitative estimate of drug-likeness (QED) is 0.845. The van der Waals surface area contributed by atoms with Crippen molar-refractivity contribution in [1.29, 1.82) is 0 Å². The van der Waals surface area contributed by atoms with Crippen molar-refractivity contribution >= 4 is 19.7 Å². The third-order valence-electron chi connectivity index (χ3n) is 2.52. The second kappa shape index (κ2) is 4.37. The first kappa shape index (κ1) is 13.0. The topological polar surface area (TPSA) is 68.3 Å². The highest BCUT2D eigenvalue weighted by molar-refractivity contribution is 7.97. The van der Waals surface area contributed by atoms with E-state index >= 15 is 0 Å². The van der Waals surface area contributed by atoms with Gasteiger partial charge in [-0.2, -0.15) is 0 Å². The van der Waals surface area contributed by atoms with E-state index in [1.165, 1.54) is 18.2 Å². The molecule has 0 radical (unpaired) electrons. The lowest BCUT2D eigenvalue weighted by molar-refractivity contribution is 0.598. The summed E-state index contributed by atoms with van der Waals surface area (Å²) < 4.78 is 46.4. The van der Waals surface area contributed by atoms with Gasteiger partial charge in [-0.05, 0) is 30.7 Å². The van der Waals surface area contributed by atoms with Crippen LogP contribution < -0.4 is 0 Å². The molecule has 0 bridgehead atoms. The molecule has 0 fully saturated rings. The molecule has 0 aliphatic carbocycles. The van der Waals surface area contributed by atoms with Crippen molar-refractivity contribution in [3.63, 3.8) is 0 Å². The van der Waals surface area contributed by atoms with Crippen molar-refractivity contribution in [2.45, 2.75) is 11.8 Å². The maximum absolute atomic E-state index is 12.0. The molecule has 0 unspecified atom stereocenters. The summed E-state index contributed by atoms with van der Waals surface area (Å²) in [6, 6.07) is 6.47. The summed E-state index contributed by atoms with van der Waals surface area (Å²) in [6.45, 7) is 1.87. The highest BCUT2D eigenvalue weighted by Crippen LogP contribution is 2.19. The van der Waals surface area contributed by atoms with Crippen molar-refractivity contribution in [3.05, 3.63) is 52.3 Å². The number of rotatable bonds is 3. The van der Waals surface area contributed by atoms with Gasteiger partial charge in [-0.25, -0.2) is 16.8 Å². The van der Waals surface area contributed by atoms with E-state index in [1.54, 1.807) is 12.1 Å². The maximum atomic E-state index is 12.0. The van der Waals surface area contributed by atoms with Crippen LogP contribution in [0.25, 0.3) is 0 Å². The lowest BCUT2D eigenvalue weighted by atomic mass is 10.2. The Morgan fingerprint density at radius 3 is 2.22 bits per heavy atom. The van der Waals surface area contributed by atoms with Crippen LogP contribution in [-0.4, -0.2) is 22.6 Å². The number of hydrogen-bond acceptors (Lipinski definition) is 4. The normalized spacial score (nSPS) is 17.7. The van der Waals surface area contributed by atoms with Crippen LogP contribution in [0.5, 0.6) is 0 Å². The van der Waals surface area contributed by atoms with Crippen LogP contribution in [0.15, 0.2) is 51.6 Å². The van der Waals surface area contributed by atoms with Gasteiger partial charge < -0.3 is 0 Å². The highest BCUT2D eigenvalue weighted by Gasteiger charge is 2.20. The molecule has 1 heterocycles. The van der Waals surface area contributed by atoms with Gasteiger partial charge in [0.1, 0.15) is 0 Å². The third kappa shape index (κ3) is 2.88. The molecule has 1 aliphatic heterocycles. The predicted octanol–water partition coefficient (Wildman–Crippen LogP) is 1.59. The molecule has 1 aliphatic rings. The number of hydrogen-bond donors (Lipinski definition) is 0. The summed E-state index contributed by atoms with van der Waals surface area (Å²) in [6.07, 6.45) is 1.32. The van der Waals surface area contributed by atoms with Gasteiger partial charge in [-0.15, -0.1) is 0 Å². The van der Waals surface area contributed by atoms with Crippen LogP contribution in [0.3, 0.4) is 0 Å². The van der Waals surface area contributed by atoms with Gasteiger partial charge >= 0.3 is 0 Å². The molecular formula is C12H12O4S2. The molecule has 0 atom stereocenters. The minimum Gasteiger partial charge on any atom is -0.223 e. The summed E-state index contributed by atoms with van der Waals surface area (Å²) in [4.78, 5) is 0.201. The Morgan fingerprint density at radius 1 is 1.11 bits per heavy atom. The molecule has 4 nitrogen and oxygen atoms in total. The van der Waals surface area contributed by atoms with Gasteiger partial charge in [-0.1, -0.05) is 17.7 Å². The van der Waals surface area contributed by atoms with Gasteiger partial charge in [0.05, 0.1) is 10.6 Å². The summed E-state index contributed by atoms with van der Waals surface area (Å²) in [5.41, 5.74) is 1.26. The van der Waals surface area contributed by atoms with Gasteiger partial charge in [0, 0.05) is 10.8 Å². The predicted molar refractivity (Wildman–Crippen MR) is 69.4 cm³/mol. The average molecular weight is 284 g/mol. The van der Waals surface area contributed by atoms with Crippen LogP contribution in [0.1, 0.15) is 5.56 Å². The standard InChI is InChI=1S/C12H12O4S2/c1-10-2-4-12(5-3-10)18(15,16)9-11-6-7-17(13,14)8-11/h2-8H,9H2,1H3. The fraction of sp³-hybridized carbons (Fsp3) is 0.167. The summed E-state index contributed by atoms with van der Waals surface area (Å²) in [7, 11) is -6.86. The smallest absolute Gasteiger partial charge is 0.193 e. The molecule has 96 valence electrons. The number of aryl methyl sites for hydroxylation is 1. The lowest BCUT2D eigenvalue weighted by Crippen LogP contribution is -2.07. The van der Waals surface area contributed by atoms with Gasteiger partial charge in [-0.3, -0.25) is 0 Å². The highest BCUT2D eigenvalue weighted by atomic mass is 32.2. The van der Waals surface area contributed by atoms with E-state index in [-0.39, 0.29) is 16.2 Å². The molecule has 2 rings (SSSR count). The number of sulfone groups is 2. The fourth-order valence-electron chi connectivity index (χ4n) is 1.60. The summed E-state index contributed by atoms with van der Waals surface area (Å²) in [5, 5.41) is 1.99. The Hall–Kier alpha value is -1.40. The van der Waals surface area contributed by atoms with Crippen molar-refractivity contribution in [2.24, 2.45) is 0 Å². The van der Waals surface area contributed by atoms with Crippen molar-refractivity contribution in [1.82, 2.24) is 0 Å². The molecule has 0 saturated heterocycles. The maximum Gasteiger partial charge on any atom is 0.193 e. The Labute approximate surface area is 106 Å². The van der Waals surface area contributed by atoms with Gasteiger partial charge in [0.15, 0.2) is 19.7 Å². The van der Waals surface area contributed by atoms with E-state index in [0.29, 0.717) is 0 Å². The Balaban J connectivity index is 2.29. The fourth-order valence-corrected chi connectivity index (χ4v) is 4.07. The molecule has 18 heavy (non-hydrogen) atoms. The molecule has 0 N–H and O–H groups in total. The van der Waals surface area contributed by atoms with E-state index in [0.717, 1.165) is 16.4 Å². The molecule has 0 saturated carbocycles. The molecule has 1 aromatic carbocycles. The third-order valence-corrected chi connectivity index (χ3v) is 5.37. The van der Waals surface area contributed by atoms with Gasteiger partial charge in [0.25, 0.3) is 0 Å². The molecule has 6 heteroatoms. The molecule has 0 amide bonds. The monoisotopic (exact) mass is 284 g/mol. The zero-order valence-corrected chi connectivity index (χ0v) is 11.3. The van der Waals surface area contributed by atoms with E-state index in [1.807, 2.05) is 6.92 Å². The Bertz CT molecular complexity index is 721. The zero-order valence-electron chi connectivity index (χ0n) is 9.70. The zero-order chi connectivity index (χ0) is 13.4. The van der Waals surface area contributed by atoms with Crippen molar-refractivity contribution in [2.75, 3.05) is 5.75 Å². The molecule has 0 spiro atoms. The second-order valence-corrected chi connectivity index (χ2v) is 7.83. The van der Waals surface area contributed by atoms with E-state index in [9.17, 15) is 16.8 Å². The minimum absolute atomic E-state index is 0.201. The molecule has 0 aromatic heterocycles. The van der Waals surface area contributed by atoms with E-state index in [4.69, 9.17) is 0 Å². The van der Waals surface area contributed by atoms with Crippen LogP contribution in [0.2, 0.25) is 0 Å². The number of allylic oxidation sites excluding steroid dienone is 1. The summed E-state index contributed by atoms with van der Waals surface area (Å²) >= 11 is 0. The first-order valence-electron chi connectivity index (χ1n) is 5.22. The van der Waals surface area contributed by atoms with Crippen LogP contribution in [0.4, 0.5) is 0 Å². The SMILES string of the molecule is Cc1ccc(S(=O)(=O)CC2=CS(=O)(=O)C=C2)cc1. The first-order valence-corrected chi connectivity index (χ1v) is 8.48. The second-order valence-electron chi connectivity index (χ2n) is 4.16. The Morgan fingerprint density at radius 2 is 1.72 bits per heavy atom. The lowest BCUT2D eigenvalue weighted by Gasteiger charge is -2.04. The van der Waals surface area contributed by atoms with Crippen LogP contribution >= 0.6 is 0 Å². The molecule has 1 aromatic rings. The first-order chi connectivity index (χ1) is 8.28. The average Bonchev–Trinajstić information content (AvgIpc) is 2.57. The van der Waals surface area contributed by atoms with Crippen molar-refractivity contribution in [3.8, 4) is 0 Å². The largest absolute Gasteiger partial charge is 0.223 e. The summed E-state index contributed by atoms with van der Waals surface area (Å²) in [5.74, 6) is -0.300. The van der Waals surface area contributed by atoms with E-state index < -0.39 is 19.7 Å². The van der Waals surface area contributed by atoms with Crippen LogP contribution in [0, 0.1) is 6.92 Å². The Kier molecular flexibility index (Phi) is 3.16. The number of benzene rings is 1. The van der Waals surface area contributed by atoms with Crippen molar-refractivity contribution < 1.29 is 16.8 Å².